The lowest BCUT2D eigenvalue weighted by molar-refractivity contribution is 0.165. The Hall–Kier alpha value is -0.280. The van der Waals surface area contributed by atoms with Crippen molar-refractivity contribution in [3.05, 3.63) is 33.8 Å². The lowest BCUT2D eigenvalue weighted by Gasteiger charge is -2.35. The molecule has 0 bridgehead atoms. The van der Waals surface area contributed by atoms with Gasteiger partial charge in [-0.25, -0.2) is 0 Å². The van der Waals surface area contributed by atoms with Crippen molar-refractivity contribution in [1.29, 1.82) is 0 Å². The zero-order valence-corrected chi connectivity index (χ0v) is 14.7. The minimum atomic E-state index is 0.244. The first-order valence-corrected chi connectivity index (χ1v) is 8.70. The quantitative estimate of drug-likeness (QED) is 0.837. The third-order valence-corrected chi connectivity index (χ3v) is 5.29. The first kappa shape index (κ1) is 17.1. The van der Waals surface area contributed by atoms with Crippen LogP contribution in [0.15, 0.2) is 18.2 Å². The summed E-state index contributed by atoms with van der Waals surface area (Å²) in [4.78, 5) is 2.53. The number of hydrogen-bond donors (Lipinski definition) is 1. The SMILES string of the molecule is CCN1CCC(C(C)NC(C)c2ccc(Cl)cc2Cl)CC1. The predicted octanol–water partition coefficient (Wildman–Crippen LogP) is 4.76. The van der Waals surface area contributed by atoms with Gasteiger partial charge in [-0.05, 0) is 69.9 Å². The maximum absolute atomic E-state index is 6.30. The number of benzene rings is 1. The second-order valence-corrected chi connectivity index (χ2v) is 6.96. The van der Waals surface area contributed by atoms with E-state index < -0.39 is 0 Å². The molecule has 0 saturated carbocycles. The molecule has 2 nitrogen and oxygen atoms in total. The zero-order chi connectivity index (χ0) is 15.4. The van der Waals surface area contributed by atoms with Gasteiger partial charge in [0.25, 0.3) is 0 Å². The monoisotopic (exact) mass is 328 g/mol. The van der Waals surface area contributed by atoms with Gasteiger partial charge < -0.3 is 10.2 Å². The Morgan fingerprint density at radius 1 is 1.24 bits per heavy atom. The fraction of sp³-hybridized carbons (Fsp3) is 0.647. The molecule has 0 radical (unpaired) electrons. The van der Waals surface area contributed by atoms with E-state index in [9.17, 15) is 0 Å². The molecule has 1 saturated heterocycles. The lowest BCUT2D eigenvalue weighted by atomic mass is 9.89. The number of halogens is 2. The molecular weight excluding hydrogens is 303 g/mol. The Balaban J connectivity index is 1.91. The van der Waals surface area contributed by atoms with Crippen LogP contribution in [0.5, 0.6) is 0 Å². The van der Waals surface area contributed by atoms with Crippen LogP contribution in [-0.4, -0.2) is 30.6 Å². The molecule has 1 aliphatic heterocycles. The number of nitrogens with zero attached hydrogens (tertiary/aromatic N) is 1. The van der Waals surface area contributed by atoms with Crippen molar-refractivity contribution in [1.82, 2.24) is 10.2 Å². The number of nitrogens with one attached hydrogen (secondary N) is 1. The molecule has 1 aromatic carbocycles. The molecule has 4 heteroatoms. The van der Waals surface area contributed by atoms with Crippen molar-refractivity contribution in [3.63, 3.8) is 0 Å². The van der Waals surface area contributed by atoms with Crippen LogP contribution in [0.25, 0.3) is 0 Å². The summed E-state index contributed by atoms with van der Waals surface area (Å²) in [7, 11) is 0. The minimum absolute atomic E-state index is 0.244. The number of likely N-dealkylation sites (tertiary alicyclic amines) is 1. The molecule has 2 rings (SSSR count). The molecule has 0 amide bonds. The highest BCUT2D eigenvalue weighted by atomic mass is 35.5. The van der Waals surface area contributed by atoms with Crippen molar-refractivity contribution in [2.45, 2.75) is 45.7 Å². The topological polar surface area (TPSA) is 15.3 Å². The van der Waals surface area contributed by atoms with E-state index in [0.29, 0.717) is 11.1 Å². The van der Waals surface area contributed by atoms with Crippen LogP contribution in [0.2, 0.25) is 10.0 Å². The Morgan fingerprint density at radius 3 is 2.48 bits per heavy atom. The summed E-state index contributed by atoms with van der Waals surface area (Å²) in [5.74, 6) is 0.751. The third-order valence-electron chi connectivity index (χ3n) is 4.73. The first-order valence-electron chi connectivity index (χ1n) is 7.94. The molecule has 1 heterocycles. The van der Waals surface area contributed by atoms with E-state index in [4.69, 9.17) is 23.2 Å². The van der Waals surface area contributed by atoms with Gasteiger partial charge in [0.15, 0.2) is 0 Å². The average molecular weight is 329 g/mol. The van der Waals surface area contributed by atoms with E-state index in [1.165, 1.54) is 32.5 Å². The lowest BCUT2D eigenvalue weighted by Crippen LogP contribution is -2.42. The van der Waals surface area contributed by atoms with Crippen LogP contribution in [-0.2, 0) is 0 Å². The molecular formula is C17H26Cl2N2. The summed E-state index contributed by atoms with van der Waals surface area (Å²) in [6.07, 6.45) is 2.56. The van der Waals surface area contributed by atoms with Gasteiger partial charge in [0.05, 0.1) is 0 Å². The number of rotatable bonds is 5. The normalized spacial score (nSPS) is 20.4. The molecule has 0 aliphatic carbocycles. The Bertz CT molecular complexity index is 456. The molecule has 0 spiro atoms. The van der Waals surface area contributed by atoms with Gasteiger partial charge in [0.2, 0.25) is 0 Å². The zero-order valence-electron chi connectivity index (χ0n) is 13.2. The van der Waals surface area contributed by atoms with E-state index in [2.05, 4.69) is 31.0 Å². The van der Waals surface area contributed by atoms with Crippen LogP contribution in [0.3, 0.4) is 0 Å². The van der Waals surface area contributed by atoms with Gasteiger partial charge in [0.1, 0.15) is 0 Å². The Morgan fingerprint density at radius 2 is 1.90 bits per heavy atom. The van der Waals surface area contributed by atoms with E-state index >= 15 is 0 Å². The standard InChI is InChI=1S/C17H26Cl2N2/c1-4-21-9-7-14(8-10-21)12(2)20-13(3)16-6-5-15(18)11-17(16)19/h5-6,11-14,20H,4,7-10H2,1-3H3. The fourth-order valence-corrected chi connectivity index (χ4v) is 3.81. The van der Waals surface area contributed by atoms with Gasteiger partial charge in [-0.15, -0.1) is 0 Å². The fourth-order valence-electron chi connectivity index (χ4n) is 3.24. The molecule has 1 fully saturated rings. The first-order chi connectivity index (χ1) is 10.0. The highest BCUT2D eigenvalue weighted by Crippen LogP contribution is 2.28. The van der Waals surface area contributed by atoms with E-state index in [1.807, 2.05) is 18.2 Å². The van der Waals surface area contributed by atoms with Crippen LogP contribution < -0.4 is 5.32 Å². The highest BCUT2D eigenvalue weighted by molar-refractivity contribution is 6.35. The predicted molar refractivity (Wildman–Crippen MR) is 92.3 cm³/mol. The van der Waals surface area contributed by atoms with Gasteiger partial charge in [-0.3, -0.25) is 0 Å². The van der Waals surface area contributed by atoms with E-state index in [1.54, 1.807) is 0 Å². The molecule has 0 aromatic heterocycles. The summed E-state index contributed by atoms with van der Waals surface area (Å²) >= 11 is 12.3. The van der Waals surface area contributed by atoms with Gasteiger partial charge in [0, 0.05) is 22.1 Å². The van der Waals surface area contributed by atoms with Crippen LogP contribution in [0.1, 0.15) is 45.2 Å². The average Bonchev–Trinajstić information content (AvgIpc) is 2.47. The van der Waals surface area contributed by atoms with Crippen molar-refractivity contribution in [2.24, 2.45) is 5.92 Å². The van der Waals surface area contributed by atoms with Gasteiger partial charge >= 0.3 is 0 Å². The summed E-state index contributed by atoms with van der Waals surface area (Å²) in [5.41, 5.74) is 1.12. The Labute approximate surface area is 138 Å². The molecule has 1 aromatic rings. The highest BCUT2D eigenvalue weighted by Gasteiger charge is 2.24. The van der Waals surface area contributed by atoms with Crippen LogP contribution in [0, 0.1) is 5.92 Å². The molecule has 21 heavy (non-hydrogen) atoms. The van der Waals surface area contributed by atoms with Crippen LogP contribution >= 0.6 is 23.2 Å². The summed E-state index contributed by atoms with van der Waals surface area (Å²) in [5, 5.41) is 5.15. The summed E-state index contributed by atoms with van der Waals surface area (Å²) < 4.78 is 0. The molecule has 1 N–H and O–H groups in total. The minimum Gasteiger partial charge on any atom is -0.307 e. The second kappa shape index (κ2) is 7.82. The van der Waals surface area contributed by atoms with Crippen molar-refractivity contribution in [2.75, 3.05) is 19.6 Å². The number of hydrogen-bond acceptors (Lipinski definition) is 2. The summed E-state index contributed by atoms with van der Waals surface area (Å²) in [6, 6.07) is 6.50. The van der Waals surface area contributed by atoms with E-state index in [0.717, 1.165) is 16.5 Å². The molecule has 1 aliphatic rings. The Kier molecular flexibility index (Phi) is 6.36. The smallest absolute Gasteiger partial charge is 0.0468 e. The molecule has 2 atom stereocenters. The third kappa shape index (κ3) is 4.59. The molecule has 118 valence electrons. The van der Waals surface area contributed by atoms with Crippen molar-refractivity contribution >= 4 is 23.2 Å². The largest absolute Gasteiger partial charge is 0.307 e. The molecule has 2 unspecified atom stereocenters. The van der Waals surface area contributed by atoms with Crippen LogP contribution in [0.4, 0.5) is 0 Å². The number of piperidine rings is 1. The van der Waals surface area contributed by atoms with Crippen molar-refractivity contribution in [3.8, 4) is 0 Å². The second-order valence-electron chi connectivity index (χ2n) is 6.11. The maximum atomic E-state index is 6.30. The van der Waals surface area contributed by atoms with Gasteiger partial charge in [-0.1, -0.05) is 36.2 Å². The van der Waals surface area contributed by atoms with Crippen molar-refractivity contribution < 1.29 is 0 Å². The maximum Gasteiger partial charge on any atom is 0.0468 e. The summed E-state index contributed by atoms with van der Waals surface area (Å²) in [6.45, 7) is 10.3. The van der Waals surface area contributed by atoms with E-state index in [-0.39, 0.29) is 6.04 Å². The van der Waals surface area contributed by atoms with Gasteiger partial charge in [-0.2, -0.15) is 0 Å².